The minimum Gasteiger partial charge on any atom is -0.493 e. The van der Waals surface area contributed by atoms with Crippen molar-refractivity contribution in [1.29, 1.82) is 0 Å². The lowest BCUT2D eigenvalue weighted by Gasteiger charge is -2.26. The molecule has 1 fully saturated rings. The van der Waals surface area contributed by atoms with Crippen LogP contribution in [0.5, 0.6) is 23.0 Å². The Balaban J connectivity index is 1.56. The maximum absolute atomic E-state index is 6.40. The highest BCUT2D eigenvalue weighted by molar-refractivity contribution is 5.79. The van der Waals surface area contributed by atoms with Gasteiger partial charge in [0.25, 0.3) is 0 Å². The molecule has 0 radical (unpaired) electrons. The molecule has 0 saturated heterocycles. The van der Waals surface area contributed by atoms with E-state index in [1.165, 1.54) is 19.3 Å². The molecule has 8 heteroatoms. The van der Waals surface area contributed by atoms with Crippen LogP contribution >= 0.6 is 0 Å². The standard InChI is InChI=1S/C25H28N4O4/c1-2-30-21-9-16(8-18-12-28-25(27)29-24(18)26)10-22(31-13-15-4-3-5-15)23(21)17-6-7-19-20(11-17)33-14-32-19/h6-7,9-12,15H,2-5,8,13-14H2,1H3,(H4,26,27,28,29). The molecule has 0 amide bonds. The molecule has 0 spiro atoms. The average molecular weight is 449 g/mol. The molecule has 1 aromatic heterocycles. The summed E-state index contributed by atoms with van der Waals surface area (Å²) in [6.45, 7) is 3.40. The van der Waals surface area contributed by atoms with Crippen molar-refractivity contribution in [3.63, 3.8) is 0 Å². The van der Waals surface area contributed by atoms with Gasteiger partial charge in [-0.3, -0.25) is 0 Å². The summed E-state index contributed by atoms with van der Waals surface area (Å²) < 4.78 is 23.6. The van der Waals surface area contributed by atoms with Gasteiger partial charge in [0.1, 0.15) is 17.3 Å². The fraction of sp³-hybridized carbons (Fsp3) is 0.360. The molecule has 0 atom stereocenters. The lowest BCUT2D eigenvalue weighted by molar-refractivity contribution is 0.174. The fourth-order valence-corrected chi connectivity index (χ4v) is 4.12. The maximum Gasteiger partial charge on any atom is 0.231 e. The van der Waals surface area contributed by atoms with Crippen LogP contribution < -0.4 is 30.4 Å². The summed E-state index contributed by atoms with van der Waals surface area (Å²) in [7, 11) is 0. The van der Waals surface area contributed by atoms with Crippen molar-refractivity contribution in [2.45, 2.75) is 32.6 Å². The Morgan fingerprint density at radius 1 is 1.03 bits per heavy atom. The first-order chi connectivity index (χ1) is 16.1. The Labute approximate surface area is 192 Å². The van der Waals surface area contributed by atoms with Gasteiger partial charge in [0.15, 0.2) is 11.5 Å². The molecule has 1 aliphatic carbocycles. The quantitative estimate of drug-likeness (QED) is 0.527. The third-order valence-corrected chi connectivity index (χ3v) is 6.10. The van der Waals surface area contributed by atoms with E-state index in [2.05, 4.69) is 16.0 Å². The van der Waals surface area contributed by atoms with E-state index in [0.717, 1.165) is 45.3 Å². The van der Waals surface area contributed by atoms with E-state index in [1.807, 2.05) is 31.2 Å². The highest BCUT2D eigenvalue weighted by Crippen LogP contribution is 2.44. The normalized spacial score (nSPS) is 14.7. The van der Waals surface area contributed by atoms with Gasteiger partial charge >= 0.3 is 0 Å². The van der Waals surface area contributed by atoms with Crippen LogP contribution in [-0.2, 0) is 6.42 Å². The molecule has 172 valence electrons. The molecular weight excluding hydrogens is 420 g/mol. The molecule has 2 heterocycles. The number of rotatable bonds is 8. The second kappa shape index (κ2) is 9.05. The van der Waals surface area contributed by atoms with E-state index in [9.17, 15) is 0 Å². The molecular formula is C25H28N4O4. The molecule has 0 bridgehead atoms. The van der Waals surface area contributed by atoms with Gasteiger partial charge in [-0.1, -0.05) is 12.5 Å². The molecule has 1 saturated carbocycles. The van der Waals surface area contributed by atoms with E-state index in [1.54, 1.807) is 6.20 Å². The van der Waals surface area contributed by atoms with Crippen LogP contribution in [0.4, 0.5) is 11.8 Å². The van der Waals surface area contributed by atoms with Gasteiger partial charge in [0.05, 0.1) is 18.8 Å². The number of aromatic nitrogens is 2. The average Bonchev–Trinajstić information content (AvgIpc) is 3.23. The highest BCUT2D eigenvalue weighted by atomic mass is 16.7. The zero-order valence-corrected chi connectivity index (χ0v) is 18.7. The molecule has 0 unspecified atom stereocenters. The van der Waals surface area contributed by atoms with Crippen molar-refractivity contribution in [3.8, 4) is 34.1 Å². The van der Waals surface area contributed by atoms with Gasteiger partial charge in [-0.15, -0.1) is 0 Å². The first-order valence-electron chi connectivity index (χ1n) is 11.3. The van der Waals surface area contributed by atoms with Crippen molar-refractivity contribution in [1.82, 2.24) is 9.97 Å². The summed E-state index contributed by atoms with van der Waals surface area (Å²) in [5.74, 6) is 4.10. The Morgan fingerprint density at radius 2 is 1.82 bits per heavy atom. The lowest BCUT2D eigenvalue weighted by atomic mass is 9.86. The molecule has 5 rings (SSSR count). The maximum atomic E-state index is 6.40. The van der Waals surface area contributed by atoms with Gasteiger partial charge in [-0.25, -0.2) is 4.98 Å². The molecule has 1 aliphatic heterocycles. The van der Waals surface area contributed by atoms with Crippen LogP contribution in [0.15, 0.2) is 36.5 Å². The van der Waals surface area contributed by atoms with E-state index in [-0.39, 0.29) is 12.7 Å². The van der Waals surface area contributed by atoms with Crippen LogP contribution in [0.1, 0.15) is 37.3 Å². The predicted octanol–water partition coefficient (Wildman–Crippen LogP) is 4.21. The van der Waals surface area contributed by atoms with Crippen LogP contribution in [-0.4, -0.2) is 30.0 Å². The van der Waals surface area contributed by atoms with Crippen LogP contribution in [0.2, 0.25) is 0 Å². The summed E-state index contributed by atoms with van der Waals surface area (Å²) in [6, 6.07) is 9.98. The zero-order valence-electron chi connectivity index (χ0n) is 18.7. The van der Waals surface area contributed by atoms with E-state index in [4.69, 9.17) is 30.4 Å². The summed E-state index contributed by atoms with van der Waals surface area (Å²) in [5, 5.41) is 0. The van der Waals surface area contributed by atoms with E-state index in [0.29, 0.717) is 31.4 Å². The van der Waals surface area contributed by atoms with Gasteiger partial charge in [-0.05, 0) is 61.1 Å². The molecule has 4 N–H and O–H groups in total. The second-order valence-corrected chi connectivity index (χ2v) is 8.39. The Morgan fingerprint density at radius 3 is 2.55 bits per heavy atom. The predicted molar refractivity (Wildman–Crippen MR) is 126 cm³/mol. The SMILES string of the molecule is CCOc1cc(Cc2cnc(N)nc2N)cc(OCC2CCC2)c1-c1ccc2c(c1)OCO2. The second-order valence-electron chi connectivity index (χ2n) is 8.39. The van der Waals surface area contributed by atoms with E-state index >= 15 is 0 Å². The zero-order chi connectivity index (χ0) is 22.8. The number of hydrogen-bond acceptors (Lipinski definition) is 8. The third kappa shape index (κ3) is 4.46. The van der Waals surface area contributed by atoms with Crippen molar-refractivity contribution in [2.75, 3.05) is 31.5 Å². The Kier molecular flexibility index (Phi) is 5.81. The van der Waals surface area contributed by atoms with Crippen molar-refractivity contribution in [3.05, 3.63) is 47.7 Å². The third-order valence-electron chi connectivity index (χ3n) is 6.10. The first kappa shape index (κ1) is 21.2. The molecule has 3 aromatic rings. The van der Waals surface area contributed by atoms with E-state index < -0.39 is 0 Å². The fourth-order valence-electron chi connectivity index (χ4n) is 4.12. The topological polar surface area (TPSA) is 115 Å². The smallest absolute Gasteiger partial charge is 0.231 e. The molecule has 33 heavy (non-hydrogen) atoms. The number of ether oxygens (including phenoxy) is 4. The van der Waals surface area contributed by atoms with Gasteiger partial charge in [-0.2, -0.15) is 4.98 Å². The number of nitrogen functional groups attached to an aromatic ring is 2. The largest absolute Gasteiger partial charge is 0.493 e. The summed E-state index contributed by atoms with van der Waals surface area (Å²) in [5.41, 5.74) is 15.4. The minimum atomic E-state index is 0.161. The minimum absolute atomic E-state index is 0.161. The molecule has 8 nitrogen and oxygen atoms in total. The van der Waals surface area contributed by atoms with Crippen LogP contribution in [0, 0.1) is 5.92 Å². The van der Waals surface area contributed by atoms with Gasteiger partial charge < -0.3 is 30.4 Å². The summed E-state index contributed by atoms with van der Waals surface area (Å²) >= 11 is 0. The van der Waals surface area contributed by atoms with Crippen molar-refractivity contribution in [2.24, 2.45) is 5.92 Å². The lowest BCUT2D eigenvalue weighted by Crippen LogP contribution is -2.19. The highest BCUT2D eigenvalue weighted by Gasteiger charge is 2.23. The number of nitrogens with two attached hydrogens (primary N) is 2. The van der Waals surface area contributed by atoms with Crippen LogP contribution in [0.3, 0.4) is 0 Å². The summed E-state index contributed by atoms with van der Waals surface area (Å²) in [4.78, 5) is 8.18. The molecule has 2 aliphatic rings. The van der Waals surface area contributed by atoms with Crippen molar-refractivity contribution >= 4 is 11.8 Å². The number of hydrogen-bond donors (Lipinski definition) is 2. The Bertz CT molecular complexity index is 1160. The number of benzene rings is 2. The van der Waals surface area contributed by atoms with Crippen LogP contribution in [0.25, 0.3) is 11.1 Å². The van der Waals surface area contributed by atoms with Gasteiger partial charge in [0.2, 0.25) is 12.7 Å². The number of nitrogens with zero attached hydrogens (tertiary/aromatic N) is 2. The number of fused-ring (bicyclic) bond motifs is 1. The first-order valence-corrected chi connectivity index (χ1v) is 11.3. The number of anilines is 2. The molecule has 2 aromatic carbocycles. The summed E-state index contributed by atoms with van der Waals surface area (Å²) in [6.07, 6.45) is 5.88. The Hall–Kier alpha value is -3.68. The monoisotopic (exact) mass is 448 g/mol. The van der Waals surface area contributed by atoms with Gasteiger partial charge in [0, 0.05) is 18.2 Å². The van der Waals surface area contributed by atoms with Crippen molar-refractivity contribution < 1.29 is 18.9 Å².